The fourth-order valence-corrected chi connectivity index (χ4v) is 5.67. The molecular weight excluding hydrogens is 244 g/mol. The third kappa shape index (κ3) is 4.28. The van der Waals surface area contributed by atoms with Crippen molar-refractivity contribution in [1.29, 1.82) is 0 Å². The Balaban J connectivity index is 2.84. The lowest BCUT2D eigenvalue weighted by Gasteiger charge is -2.25. The van der Waals surface area contributed by atoms with Crippen molar-refractivity contribution >= 4 is 30.4 Å². The van der Waals surface area contributed by atoms with Gasteiger partial charge in [0.15, 0.2) is 17.9 Å². The zero-order valence-corrected chi connectivity index (χ0v) is 12.8. The second-order valence-corrected chi connectivity index (χ2v) is 9.32. The first-order valence-electron chi connectivity index (χ1n) is 5.54. The van der Waals surface area contributed by atoms with Gasteiger partial charge in [0, 0.05) is 5.56 Å². The van der Waals surface area contributed by atoms with Gasteiger partial charge in [-0.05, 0) is 11.6 Å². The summed E-state index contributed by atoms with van der Waals surface area (Å²) in [6.07, 6.45) is 2.71. The van der Waals surface area contributed by atoms with Gasteiger partial charge in [0.05, 0.1) is 6.21 Å². The summed E-state index contributed by atoms with van der Waals surface area (Å²) in [4.78, 5) is 10.7. The SMILES string of the molecule is C[Si](C)N(N=Cc1cccc(C=O)c1)[Si](C)C. The third-order valence-electron chi connectivity index (χ3n) is 2.22. The molecule has 0 saturated heterocycles. The topological polar surface area (TPSA) is 32.7 Å². The number of carbonyl (C=O) groups excluding carboxylic acids is 1. The molecule has 0 aromatic heterocycles. The summed E-state index contributed by atoms with van der Waals surface area (Å²) < 4.78 is 2.24. The largest absolute Gasteiger partial charge is 0.350 e. The minimum Gasteiger partial charge on any atom is -0.350 e. The second kappa shape index (κ2) is 6.51. The molecule has 0 aliphatic heterocycles. The molecule has 0 atom stereocenters. The number of hydrogen-bond acceptors (Lipinski definition) is 3. The van der Waals surface area contributed by atoms with Gasteiger partial charge in [-0.3, -0.25) is 4.79 Å². The number of benzene rings is 1. The smallest absolute Gasteiger partial charge is 0.174 e. The number of aldehydes is 1. The molecule has 0 spiro atoms. The van der Waals surface area contributed by atoms with Gasteiger partial charge in [0.25, 0.3) is 0 Å². The van der Waals surface area contributed by atoms with E-state index in [0.29, 0.717) is 5.56 Å². The Labute approximate surface area is 107 Å². The van der Waals surface area contributed by atoms with Crippen LogP contribution in [-0.2, 0) is 0 Å². The van der Waals surface area contributed by atoms with Crippen molar-refractivity contribution in [2.45, 2.75) is 26.2 Å². The lowest BCUT2D eigenvalue weighted by molar-refractivity contribution is 0.112. The molecule has 0 amide bonds. The van der Waals surface area contributed by atoms with Crippen molar-refractivity contribution in [2.75, 3.05) is 0 Å². The first kappa shape index (κ1) is 13.9. The average Bonchev–Trinajstić information content (AvgIpc) is 2.28. The molecule has 0 bridgehead atoms. The molecule has 2 radical (unpaired) electrons. The van der Waals surface area contributed by atoms with Crippen LogP contribution in [-0.4, -0.2) is 34.8 Å². The van der Waals surface area contributed by atoms with Crippen molar-refractivity contribution in [3.05, 3.63) is 35.4 Å². The van der Waals surface area contributed by atoms with E-state index in [1.807, 2.05) is 24.4 Å². The molecule has 0 N–H and O–H groups in total. The maximum Gasteiger partial charge on any atom is 0.174 e. The minimum absolute atomic E-state index is 0.546. The Morgan fingerprint density at radius 1 is 1.12 bits per heavy atom. The van der Waals surface area contributed by atoms with Gasteiger partial charge in [0.2, 0.25) is 0 Å². The molecular formula is C12H18N2OSi2. The quantitative estimate of drug-likeness (QED) is 0.354. The molecule has 17 heavy (non-hydrogen) atoms. The normalized spacial score (nSPS) is 11.4. The van der Waals surface area contributed by atoms with Crippen LogP contribution in [0.25, 0.3) is 0 Å². The van der Waals surface area contributed by atoms with Crippen LogP contribution in [0.5, 0.6) is 0 Å². The zero-order chi connectivity index (χ0) is 12.8. The monoisotopic (exact) mass is 262 g/mol. The fraction of sp³-hybridized carbons (Fsp3) is 0.333. The number of carbonyl (C=O) groups is 1. The summed E-state index contributed by atoms with van der Waals surface area (Å²) in [5.74, 6) is 0. The fourth-order valence-electron chi connectivity index (χ4n) is 1.52. The molecule has 0 unspecified atom stereocenters. The highest BCUT2D eigenvalue weighted by Gasteiger charge is 2.13. The predicted octanol–water partition coefficient (Wildman–Crippen LogP) is 2.64. The van der Waals surface area contributed by atoms with Gasteiger partial charge in [-0.25, -0.2) is 5.10 Å². The summed E-state index contributed by atoms with van der Waals surface area (Å²) >= 11 is 0. The Morgan fingerprint density at radius 2 is 1.71 bits per heavy atom. The first-order chi connectivity index (χ1) is 8.04. The van der Waals surface area contributed by atoms with E-state index in [0.717, 1.165) is 11.8 Å². The molecule has 1 aromatic carbocycles. The third-order valence-corrected chi connectivity index (χ3v) is 6.82. The van der Waals surface area contributed by atoms with Gasteiger partial charge >= 0.3 is 0 Å². The van der Waals surface area contributed by atoms with E-state index in [-0.39, 0.29) is 0 Å². The van der Waals surface area contributed by atoms with Gasteiger partial charge < -0.3 is 4.34 Å². The highest BCUT2D eigenvalue weighted by atomic mass is 28.3. The summed E-state index contributed by atoms with van der Waals surface area (Å²) in [5.41, 5.74) is 1.67. The van der Waals surface area contributed by atoms with Crippen molar-refractivity contribution in [3.63, 3.8) is 0 Å². The highest BCUT2D eigenvalue weighted by molar-refractivity contribution is 6.69. The Morgan fingerprint density at radius 3 is 2.24 bits per heavy atom. The highest BCUT2D eigenvalue weighted by Crippen LogP contribution is 2.04. The second-order valence-electron chi connectivity index (χ2n) is 4.24. The standard InChI is InChI=1S/C12H18N2OSi2/c1-16(2)14(17(3)4)13-9-11-6-5-7-12(8-11)10-15/h5-10H,1-4H3. The predicted molar refractivity (Wildman–Crippen MR) is 76.2 cm³/mol. The summed E-state index contributed by atoms with van der Waals surface area (Å²) in [7, 11) is -1.09. The molecule has 0 aliphatic rings. The van der Waals surface area contributed by atoms with Crippen molar-refractivity contribution < 1.29 is 4.79 Å². The Hall–Kier alpha value is -1.21. The van der Waals surface area contributed by atoms with E-state index in [4.69, 9.17) is 0 Å². The van der Waals surface area contributed by atoms with E-state index < -0.39 is 17.9 Å². The van der Waals surface area contributed by atoms with Crippen molar-refractivity contribution in [1.82, 2.24) is 4.34 Å². The molecule has 1 aromatic rings. The average molecular weight is 262 g/mol. The van der Waals surface area contributed by atoms with E-state index in [1.165, 1.54) is 0 Å². The number of hydrazone groups is 1. The lowest BCUT2D eigenvalue weighted by Crippen LogP contribution is -2.38. The number of hydrogen-bond donors (Lipinski definition) is 0. The molecule has 0 saturated carbocycles. The summed E-state index contributed by atoms with van der Waals surface area (Å²) in [6, 6.07) is 7.49. The maximum atomic E-state index is 10.7. The Kier molecular flexibility index (Phi) is 5.31. The Bertz CT molecular complexity index is 397. The number of nitrogens with zero attached hydrogens (tertiary/aromatic N) is 2. The van der Waals surface area contributed by atoms with Crippen molar-refractivity contribution in [3.8, 4) is 0 Å². The van der Waals surface area contributed by atoms with Crippen LogP contribution < -0.4 is 0 Å². The van der Waals surface area contributed by atoms with Crippen LogP contribution in [0.4, 0.5) is 0 Å². The van der Waals surface area contributed by atoms with Gasteiger partial charge in [-0.2, -0.15) is 0 Å². The van der Waals surface area contributed by atoms with Crippen LogP contribution in [0.15, 0.2) is 29.4 Å². The van der Waals surface area contributed by atoms with Crippen LogP contribution >= 0.6 is 0 Å². The first-order valence-corrected chi connectivity index (χ1v) is 10.4. The van der Waals surface area contributed by atoms with Crippen LogP contribution in [0.3, 0.4) is 0 Å². The molecule has 5 heteroatoms. The molecule has 0 heterocycles. The van der Waals surface area contributed by atoms with Crippen LogP contribution in [0.1, 0.15) is 15.9 Å². The molecule has 90 valence electrons. The summed E-state index contributed by atoms with van der Waals surface area (Å²) in [6.45, 7) is 8.95. The number of rotatable bonds is 5. The maximum absolute atomic E-state index is 10.7. The van der Waals surface area contributed by atoms with Crippen molar-refractivity contribution in [2.24, 2.45) is 5.10 Å². The molecule has 1 rings (SSSR count). The van der Waals surface area contributed by atoms with Gasteiger partial charge in [-0.1, -0.05) is 44.4 Å². The summed E-state index contributed by atoms with van der Waals surface area (Å²) in [5, 5.41) is 4.55. The minimum atomic E-state index is -0.546. The van der Waals surface area contributed by atoms with E-state index in [9.17, 15) is 4.79 Å². The zero-order valence-electron chi connectivity index (χ0n) is 10.8. The van der Waals surface area contributed by atoms with Crippen LogP contribution in [0, 0.1) is 0 Å². The van der Waals surface area contributed by atoms with E-state index in [2.05, 4.69) is 35.6 Å². The lowest BCUT2D eigenvalue weighted by atomic mass is 10.1. The molecule has 3 nitrogen and oxygen atoms in total. The van der Waals surface area contributed by atoms with Gasteiger partial charge in [-0.15, -0.1) is 0 Å². The van der Waals surface area contributed by atoms with E-state index >= 15 is 0 Å². The van der Waals surface area contributed by atoms with Crippen LogP contribution in [0.2, 0.25) is 26.2 Å². The van der Waals surface area contributed by atoms with Gasteiger partial charge in [0.1, 0.15) is 6.29 Å². The molecule has 0 aliphatic carbocycles. The van der Waals surface area contributed by atoms with E-state index in [1.54, 1.807) is 6.07 Å². The molecule has 0 fully saturated rings.